The van der Waals surface area contributed by atoms with E-state index >= 15 is 0 Å². The summed E-state index contributed by atoms with van der Waals surface area (Å²) < 4.78 is 0. The summed E-state index contributed by atoms with van der Waals surface area (Å²) >= 11 is 0. The van der Waals surface area contributed by atoms with Gasteiger partial charge in [-0.2, -0.15) is 0 Å². The number of nitrogens with zero attached hydrogens (tertiary/aromatic N) is 2. The number of rotatable bonds is 3. The van der Waals surface area contributed by atoms with Gasteiger partial charge in [0.15, 0.2) is 0 Å². The zero-order valence-electron chi connectivity index (χ0n) is 16.6. The Morgan fingerprint density at radius 3 is 2.32 bits per heavy atom. The molecule has 3 aliphatic rings. The van der Waals surface area contributed by atoms with Gasteiger partial charge >= 0.3 is 5.97 Å². The zero-order chi connectivity index (χ0) is 20.1. The molecule has 1 spiro atoms. The Hall–Kier alpha value is -2.37. The van der Waals surface area contributed by atoms with Crippen molar-refractivity contribution in [3.63, 3.8) is 0 Å². The normalized spacial score (nSPS) is 23.9. The molecule has 1 aromatic rings. The van der Waals surface area contributed by atoms with Crippen LogP contribution in [0.4, 0.5) is 0 Å². The first-order chi connectivity index (χ1) is 13.3. The average Bonchev–Trinajstić information content (AvgIpc) is 3.46. The molecule has 2 aliphatic heterocycles. The molecule has 6 heteroatoms. The van der Waals surface area contributed by atoms with Crippen LogP contribution in [0.5, 0.6) is 0 Å². The Morgan fingerprint density at radius 1 is 1.07 bits per heavy atom. The highest BCUT2D eigenvalue weighted by molar-refractivity contribution is 5.94. The van der Waals surface area contributed by atoms with Crippen molar-refractivity contribution in [2.75, 3.05) is 19.6 Å². The average molecular weight is 384 g/mol. The summed E-state index contributed by atoms with van der Waals surface area (Å²) in [5, 5.41) is 9.63. The Morgan fingerprint density at radius 2 is 1.75 bits per heavy atom. The summed E-state index contributed by atoms with van der Waals surface area (Å²) in [7, 11) is 0. The molecule has 2 amide bonds. The molecule has 28 heavy (non-hydrogen) atoms. The van der Waals surface area contributed by atoms with Crippen molar-refractivity contribution in [1.82, 2.24) is 9.80 Å². The molecule has 1 saturated carbocycles. The molecule has 3 fully saturated rings. The van der Waals surface area contributed by atoms with E-state index in [-0.39, 0.29) is 23.1 Å². The summed E-state index contributed by atoms with van der Waals surface area (Å²) in [6.45, 7) is 5.79. The minimum Gasteiger partial charge on any atom is -0.480 e. The van der Waals surface area contributed by atoms with E-state index in [2.05, 4.69) is 0 Å². The lowest BCUT2D eigenvalue weighted by Gasteiger charge is -2.39. The molecule has 1 atom stereocenters. The number of amides is 2. The first kappa shape index (κ1) is 19.0. The van der Waals surface area contributed by atoms with Crippen LogP contribution in [0.15, 0.2) is 18.2 Å². The lowest BCUT2D eigenvalue weighted by Crippen LogP contribution is -2.45. The lowest BCUT2D eigenvalue weighted by molar-refractivity contribution is -0.148. The third kappa shape index (κ3) is 3.40. The number of hydrogen-bond acceptors (Lipinski definition) is 3. The maximum atomic E-state index is 12.9. The van der Waals surface area contributed by atoms with E-state index in [0.717, 1.165) is 31.2 Å². The Kier molecular flexibility index (Phi) is 4.68. The van der Waals surface area contributed by atoms with E-state index < -0.39 is 12.0 Å². The highest BCUT2D eigenvalue weighted by Crippen LogP contribution is 2.45. The van der Waals surface area contributed by atoms with Crippen LogP contribution in [0.1, 0.15) is 53.6 Å². The van der Waals surface area contributed by atoms with Crippen LogP contribution in [0.3, 0.4) is 0 Å². The predicted octanol–water partition coefficient (Wildman–Crippen LogP) is 2.62. The van der Waals surface area contributed by atoms with Crippen molar-refractivity contribution in [3.05, 3.63) is 34.9 Å². The van der Waals surface area contributed by atoms with Gasteiger partial charge < -0.3 is 14.9 Å². The zero-order valence-corrected chi connectivity index (χ0v) is 16.6. The molecule has 6 nitrogen and oxygen atoms in total. The number of carboxylic acid groups (broad SMARTS) is 1. The number of carboxylic acids is 1. The summed E-state index contributed by atoms with van der Waals surface area (Å²) in [4.78, 5) is 40.7. The van der Waals surface area contributed by atoms with Gasteiger partial charge in [0.2, 0.25) is 5.91 Å². The van der Waals surface area contributed by atoms with Gasteiger partial charge in [0.1, 0.15) is 6.04 Å². The third-order valence-corrected chi connectivity index (χ3v) is 6.87. The molecule has 1 N–H and O–H groups in total. The summed E-state index contributed by atoms with van der Waals surface area (Å²) in [5.41, 5.74) is 2.81. The van der Waals surface area contributed by atoms with E-state index in [1.54, 1.807) is 4.90 Å². The van der Waals surface area contributed by atoms with Gasteiger partial charge in [0, 0.05) is 31.1 Å². The molecule has 150 valence electrons. The minimum atomic E-state index is -0.903. The second kappa shape index (κ2) is 6.90. The van der Waals surface area contributed by atoms with Gasteiger partial charge in [-0.25, -0.2) is 4.79 Å². The van der Waals surface area contributed by atoms with Crippen molar-refractivity contribution in [1.29, 1.82) is 0 Å². The fourth-order valence-corrected chi connectivity index (χ4v) is 4.68. The van der Waals surface area contributed by atoms with Gasteiger partial charge in [0.05, 0.1) is 0 Å². The lowest BCUT2D eigenvalue weighted by atomic mass is 9.76. The highest BCUT2D eigenvalue weighted by atomic mass is 16.4. The van der Waals surface area contributed by atoms with Gasteiger partial charge in [-0.05, 0) is 74.6 Å². The van der Waals surface area contributed by atoms with Crippen LogP contribution in [0.2, 0.25) is 0 Å². The molecule has 0 unspecified atom stereocenters. The van der Waals surface area contributed by atoms with Crippen molar-refractivity contribution in [3.8, 4) is 0 Å². The summed E-state index contributed by atoms with van der Waals surface area (Å²) in [6, 6.07) is 5.08. The third-order valence-electron chi connectivity index (χ3n) is 6.87. The van der Waals surface area contributed by atoms with Crippen LogP contribution in [0, 0.1) is 25.2 Å². The number of likely N-dealkylation sites (tertiary alicyclic amines) is 2. The van der Waals surface area contributed by atoms with E-state index in [1.165, 1.54) is 5.56 Å². The summed E-state index contributed by atoms with van der Waals surface area (Å²) in [5.74, 6) is -0.822. The first-order valence-electron chi connectivity index (χ1n) is 10.2. The molecule has 0 bridgehead atoms. The molecular weight excluding hydrogens is 356 g/mol. The van der Waals surface area contributed by atoms with Crippen LogP contribution in [0.25, 0.3) is 0 Å². The fraction of sp³-hybridized carbons (Fsp3) is 0.591. The van der Waals surface area contributed by atoms with E-state index in [9.17, 15) is 19.5 Å². The summed E-state index contributed by atoms with van der Waals surface area (Å²) in [6.07, 6.45) is 3.77. The molecule has 0 radical (unpaired) electrons. The molecule has 0 aromatic heterocycles. The van der Waals surface area contributed by atoms with Gasteiger partial charge in [-0.15, -0.1) is 0 Å². The number of hydrogen-bond donors (Lipinski definition) is 1. The number of carbonyl (C=O) groups is 3. The van der Waals surface area contributed by atoms with Crippen molar-refractivity contribution < 1.29 is 19.5 Å². The van der Waals surface area contributed by atoms with Gasteiger partial charge in [-0.3, -0.25) is 9.59 Å². The SMILES string of the molecule is Cc1ccc(C(=O)N2CCC3(CC2)C[C@H](C(=O)O)N(C(=O)C2CC2)C3)cc1C. The Bertz CT molecular complexity index is 822. The predicted molar refractivity (Wildman–Crippen MR) is 104 cm³/mol. The van der Waals surface area contributed by atoms with Crippen LogP contribution >= 0.6 is 0 Å². The molecule has 1 aliphatic carbocycles. The Balaban J connectivity index is 1.44. The molecule has 2 heterocycles. The number of benzene rings is 1. The largest absolute Gasteiger partial charge is 0.480 e. The van der Waals surface area contributed by atoms with Crippen molar-refractivity contribution >= 4 is 17.8 Å². The van der Waals surface area contributed by atoms with E-state index in [1.807, 2.05) is 36.9 Å². The number of aliphatic carboxylic acids is 1. The number of piperidine rings is 1. The molecular formula is C22H28N2O4. The maximum Gasteiger partial charge on any atom is 0.326 e. The second-order valence-corrected chi connectivity index (χ2v) is 8.89. The van der Waals surface area contributed by atoms with Crippen molar-refractivity contribution in [2.45, 2.75) is 52.0 Å². The first-order valence-corrected chi connectivity index (χ1v) is 10.2. The molecule has 2 saturated heterocycles. The smallest absolute Gasteiger partial charge is 0.326 e. The maximum absolute atomic E-state index is 12.9. The van der Waals surface area contributed by atoms with E-state index in [4.69, 9.17) is 0 Å². The fourth-order valence-electron chi connectivity index (χ4n) is 4.68. The highest BCUT2D eigenvalue weighted by Gasteiger charge is 2.52. The monoisotopic (exact) mass is 384 g/mol. The quantitative estimate of drug-likeness (QED) is 0.869. The van der Waals surface area contributed by atoms with Crippen LogP contribution in [-0.2, 0) is 9.59 Å². The van der Waals surface area contributed by atoms with Gasteiger partial charge in [-0.1, -0.05) is 6.07 Å². The Labute approximate surface area is 165 Å². The minimum absolute atomic E-state index is 0.0120. The molecule has 4 rings (SSSR count). The van der Waals surface area contributed by atoms with Crippen LogP contribution < -0.4 is 0 Å². The van der Waals surface area contributed by atoms with E-state index in [0.29, 0.717) is 31.6 Å². The van der Waals surface area contributed by atoms with Crippen molar-refractivity contribution in [2.24, 2.45) is 11.3 Å². The second-order valence-electron chi connectivity index (χ2n) is 8.89. The topological polar surface area (TPSA) is 77.9 Å². The number of aryl methyl sites for hydroxylation is 2. The van der Waals surface area contributed by atoms with Crippen LogP contribution in [-0.4, -0.2) is 58.4 Å². The molecule has 1 aromatic carbocycles. The number of carbonyl (C=O) groups excluding carboxylic acids is 2. The van der Waals surface area contributed by atoms with Gasteiger partial charge in [0.25, 0.3) is 5.91 Å². The standard InChI is InChI=1S/C22H28N2O4/c1-14-3-4-17(11-15(14)2)19(25)23-9-7-22(8-10-23)12-18(21(27)28)24(13-22)20(26)16-5-6-16/h3-4,11,16,18H,5-10,12-13H2,1-2H3,(H,27,28)/t18-/m1/s1.